The van der Waals surface area contributed by atoms with Crippen LogP contribution in [0.4, 0.5) is 5.69 Å². The van der Waals surface area contributed by atoms with Gasteiger partial charge in [-0.2, -0.15) is 0 Å². The largest absolute Gasteiger partial charge is 0.495 e. The first-order valence-electron chi connectivity index (χ1n) is 7.89. The zero-order chi connectivity index (χ0) is 17.4. The first-order valence-corrected chi connectivity index (χ1v) is 7.89. The van der Waals surface area contributed by atoms with E-state index in [1.807, 2.05) is 43.3 Å². The SMILES string of the molecule is COc1ccccc1NC(=O)c1cc2cc3ccc(C)cc3nc2o1. The summed E-state index contributed by atoms with van der Waals surface area (Å²) in [4.78, 5) is 17.0. The second-order valence-electron chi connectivity index (χ2n) is 5.84. The predicted octanol–water partition coefficient (Wildman–Crippen LogP) is 4.55. The number of anilines is 1. The Morgan fingerprint density at radius 2 is 1.92 bits per heavy atom. The number of hydrogen-bond acceptors (Lipinski definition) is 4. The van der Waals surface area contributed by atoms with E-state index in [9.17, 15) is 4.79 Å². The normalized spacial score (nSPS) is 11.0. The third-order valence-corrected chi connectivity index (χ3v) is 4.04. The Balaban J connectivity index is 1.71. The van der Waals surface area contributed by atoms with Gasteiger partial charge in [0.15, 0.2) is 5.76 Å². The molecule has 4 rings (SSSR count). The fraction of sp³-hybridized carbons (Fsp3) is 0.100. The number of para-hydroxylation sites is 2. The van der Waals surface area contributed by atoms with Crippen molar-refractivity contribution in [2.24, 2.45) is 0 Å². The smallest absolute Gasteiger partial charge is 0.291 e. The summed E-state index contributed by atoms with van der Waals surface area (Å²) in [5.41, 5.74) is 3.01. The molecule has 0 aliphatic rings. The van der Waals surface area contributed by atoms with Crippen molar-refractivity contribution in [3.05, 3.63) is 65.9 Å². The number of aryl methyl sites for hydroxylation is 1. The Morgan fingerprint density at radius 1 is 1.08 bits per heavy atom. The zero-order valence-electron chi connectivity index (χ0n) is 13.9. The van der Waals surface area contributed by atoms with Gasteiger partial charge in [0.1, 0.15) is 5.75 Å². The molecule has 5 nitrogen and oxygen atoms in total. The van der Waals surface area contributed by atoms with E-state index in [1.54, 1.807) is 25.3 Å². The molecular weight excluding hydrogens is 316 g/mol. The van der Waals surface area contributed by atoms with Gasteiger partial charge in [0, 0.05) is 10.8 Å². The molecule has 0 saturated heterocycles. The molecule has 0 saturated carbocycles. The molecule has 0 fully saturated rings. The number of nitrogens with one attached hydrogen (secondary N) is 1. The molecule has 0 bridgehead atoms. The molecule has 1 amide bonds. The maximum atomic E-state index is 12.5. The Labute approximate surface area is 144 Å². The summed E-state index contributed by atoms with van der Waals surface area (Å²) in [6.07, 6.45) is 0. The molecule has 5 heteroatoms. The Kier molecular flexibility index (Phi) is 3.61. The number of ether oxygens (including phenoxy) is 1. The van der Waals surface area contributed by atoms with Crippen LogP contribution >= 0.6 is 0 Å². The highest BCUT2D eigenvalue weighted by Gasteiger charge is 2.15. The van der Waals surface area contributed by atoms with Gasteiger partial charge in [-0.15, -0.1) is 0 Å². The molecule has 0 aliphatic carbocycles. The number of fused-ring (bicyclic) bond motifs is 2. The summed E-state index contributed by atoms with van der Waals surface area (Å²) in [7, 11) is 1.56. The van der Waals surface area contributed by atoms with Crippen molar-refractivity contribution < 1.29 is 13.9 Å². The molecular formula is C20H16N2O3. The molecule has 124 valence electrons. The molecule has 1 N–H and O–H groups in total. The number of furan rings is 1. The highest BCUT2D eigenvalue weighted by Crippen LogP contribution is 2.26. The van der Waals surface area contributed by atoms with Gasteiger partial charge >= 0.3 is 0 Å². The van der Waals surface area contributed by atoms with Crippen molar-refractivity contribution in [3.63, 3.8) is 0 Å². The van der Waals surface area contributed by atoms with E-state index in [-0.39, 0.29) is 11.7 Å². The number of hydrogen-bond donors (Lipinski definition) is 1. The average Bonchev–Trinajstić information content (AvgIpc) is 3.03. The molecule has 0 radical (unpaired) electrons. The van der Waals surface area contributed by atoms with Gasteiger partial charge in [0.2, 0.25) is 5.71 Å². The Bertz CT molecular complexity index is 1100. The third-order valence-electron chi connectivity index (χ3n) is 4.04. The topological polar surface area (TPSA) is 64.4 Å². The van der Waals surface area contributed by atoms with E-state index in [1.165, 1.54) is 0 Å². The first-order chi connectivity index (χ1) is 12.1. The van der Waals surface area contributed by atoms with Crippen LogP contribution in [0, 0.1) is 6.92 Å². The van der Waals surface area contributed by atoms with Gasteiger partial charge in [0.25, 0.3) is 5.91 Å². The third kappa shape index (κ3) is 2.80. The van der Waals surface area contributed by atoms with Gasteiger partial charge in [0.05, 0.1) is 18.3 Å². The fourth-order valence-electron chi connectivity index (χ4n) is 2.78. The predicted molar refractivity (Wildman–Crippen MR) is 97.2 cm³/mol. The van der Waals surface area contributed by atoms with E-state index in [0.717, 1.165) is 21.9 Å². The molecule has 2 aromatic heterocycles. The number of rotatable bonds is 3. The maximum absolute atomic E-state index is 12.5. The molecule has 0 aliphatic heterocycles. The van der Waals surface area contributed by atoms with E-state index >= 15 is 0 Å². The summed E-state index contributed by atoms with van der Waals surface area (Å²) in [6, 6.07) is 16.9. The molecule has 0 atom stereocenters. The quantitative estimate of drug-likeness (QED) is 0.598. The van der Waals surface area contributed by atoms with Crippen molar-refractivity contribution in [2.75, 3.05) is 12.4 Å². The molecule has 25 heavy (non-hydrogen) atoms. The summed E-state index contributed by atoms with van der Waals surface area (Å²) in [5, 5.41) is 4.61. The molecule has 0 unspecified atom stereocenters. The second-order valence-corrected chi connectivity index (χ2v) is 5.84. The highest BCUT2D eigenvalue weighted by molar-refractivity contribution is 6.05. The van der Waals surface area contributed by atoms with Crippen LogP contribution in [0.5, 0.6) is 5.75 Å². The van der Waals surface area contributed by atoms with Crippen LogP contribution in [0.15, 0.2) is 59.0 Å². The first kappa shape index (κ1) is 15.2. The van der Waals surface area contributed by atoms with Crippen LogP contribution in [-0.4, -0.2) is 18.0 Å². The summed E-state index contributed by atoms with van der Waals surface area (Å²) in [5.74, 6) is 0.453. The van der Waals surface area contributed by atoms with E-state index in [2.05, 4.69) is 10.3 Å². The minimum Gasteiger partial charge on any atom is -0.495 e. The minimum atomic E-state index is -0.345. The van der Waals surface area contributed by atoms with Crippen molar-refractivity contribution in [3.8, 4) is 5.75 Å². The Hall–Kier alpha value is -3.34. The van der Waals surface area contributed by atoms with Crippen molar-refractivity contribution in [1.29, 1.82) is 0 Å². The van der Waals surface area contributed by atoms with Gasteiger partial charge in [-0.25, -0.2) is 4.98 Å². The lowest BCUT2D eigenvalue weighted by Gasteiger charge is -2.08. The van der Waals surface area contributed by atoms with E-state index in [0.29, 0.717) is 17.2 Å². The standard InChI is InChI=1S/C20H16N2O3/c1-12-7-8-13-10-14-11-18(25-20(14)22-16(13)9-12)19(23)21-15-5-3-4-6-17(15)24-2/h3-11H,1-2H3,(H,21,23). The van der Waals surface area contributed by atoms with Crippen LogP contribution in [0.2, 0.25) is 0 Å². The second kappa shape index (κ2) is 5.94. The number of carbonyl (C=O) groups is 1. The minimum absolute atomic E-state index is 0.209. The molecule has 2 heterocycles. The number of aromatic nitrogens is 1. The van der Waals surface area contributed by atoms with Gasteiger partial charge < -0.3 is 14.5 Å². The van der Waals surface area contributed by atoms with Crippen LogP contribution in [0.1, 0.15) is 16.1 Å². The van der Waals surface area contributed by atoms with Crippen molar-refractivity contribution >= 4 is 33.6 Å². The van der Waals surface area contributed by atoms with Crippen LogP contribution < -0.4 is 10.1 Å². The molecule has 0 spiro atoms. The molecule has 4 aromatic rings. The number of amides is 1. The molecule has 2 aromatic carbocycles. The summed E-state index contributed by atoms with van der Waals surface area (Å²) < 4.78 is 10.9. The number of nitrogens with zero attached hydrogens (tertiary/aromatic N) is 1. The lowest BCUT2D eigenvalue weighted by molar-refractivity contribution is 0.0998. The highest BCUT2D eigenvalue weighted by atomic mass is 16.5. The lowest BCUT2D eigenvalue weighted by Crippen LogP contribution is -2.11. The maximum Gasteiger partial charge on any atom is 0.291 e. The van der Waals surface area contributed by atoms with Crippen LogP contribution in [0.3, 0.4) is 0 Å². The summed E-state index contributed by atoms with van der Waals surface area (Å²) in [6.45, 7) is 2.01. The van der Waals surface area contributed by atoms with Crippen LogP contribution in [0.25, 0.3) is 22.0 Å². The monoisotopic (exact) mass is 332 g/mol. The van der Waals surface area contributed by atoms with Gasteiger partial charge in [-0.05, 0) is 42.8 Å². The van der Waals surface area contributed by atoms with Gasteiger partial charge in [-0.3, -0.25) is 4.79 Å². The number of methoxy groups -OCH3 is 1. The number of pyridine rings is 1. The fourth-order valence-corrected chi connectivity index (χ4v) is 2.78. The lowest BCUT2D eigenvalue weighted by atomic mass is 10.1. The number of benzene rings is 2. The van der Waals surface area contributed by atoms with Crippen molar-refractivity contribution in [1.82, 2.24) is 4.98 Å². The number of carbonyl (C=O) groups excluding carboxylic acids is 1. The van der Waals surface area contributed by atoms with Crippen LogP contribution in [-0.2, 0) is 0 Å². The summed E-state index contributed by atoms with van der Waals surface area (Å²) >= 11 is 0. The zero-order valence-corrected chi connectivity index (χ0v) is 13.9. The van der Waals surface area contributed by atoms with E-state index in [4.69, 9.17) is 9.15 Å². The van der Waals surface area contributed by atoms with Crippen molar-refractivity contribution in [2.45, 2.75) is 6.92 Å². The average molecular weight is 332 g/mol. The van der Waals surface area contributed by atoms with E-state index < -0.39 is 0 Å². The Morgan fingerprint density at radius 3 is 2.76 bits per heavy atom. The van der Waals surface area contributed by atoms with Gasteiger partial charge in [-0.1, -0.05) is 24.3 Å².